The van der Waals surface area contributed by atoms with Gasteiger partial charge in [-0.1, -0.05) is 42.5 Å². The first-order chi connectivity index (χ1) is 13.6. The maximum Gasteiger partial charge on any atom is 0.306 e. The van der Waals surface area contributed by atoms with Crippen molar-refractivity contribution in [3.8, 4) is 5.75 Å². The van der Waals surface area contributed by atoms with Gasteiger partial charge in [0.2, 0.25) is 5.91 Å². The van der Waals surface area contributed by atoms with Crippen LogP contribution in [0.25, 0.3) is 0 Å². The van der Waals surface area contributed by atoms with Gasteiger partial charge in [-0.25, -0.2) is 0 Å². The molecule has 1 fully saturated rings. The fourth-order valence-electron chi connectivity index (χ4n) is 3.23. The molecule has 0 aromatic heterocycles. The fraction of sp³-hybridized carbons (Fsp3) is 0.364. The fourth-order valence-corrected chi connectivity index (χ4v) is 3.23. The molecule has 0 spiro atoms. The van der Waals surface area contributed by atoms with Crippen molar-refractivity contribution in [1.29, 1.82) is 0 Å². The highest BCUT2D eigenvalue weighted by molar-refractivity contribution is 5.78. The van der Waals surface area contributed by atoms with E-state index in [-0.39, 0.29) is 11.8 Å². The van der Waals surface area contributed by atoms with Crippen molar-refractivity contribution in [2.75, 3.05) is 19.6 Å². The standard InChI is InChI=1S/C22H26N2O4/c25-21(15-24-12-10-19(11-13-24)22(26)27)23-14-17-6-8-18(9-7-17)16-28-20-4-2-1-3-5-20/h1-9,19H,10-16H2,(H,23,25)(H,26,27). The predicted octanol–water partition coefficient (Wildman–Crippen LogP) is 2.68. The molecule has 0 unspecified atom stereocenters. The van der Waals surface area contributed by atoms with Crippen LogP contribution >= 0.6 is 0 Å². The number of aliphatic carboxylic acids is 1. The van der Waals surface area contributed by atoms with Crippen molar-refractivity contribution in [2.45, 2.75) is 26.0 Å². The van der Waals surface area contributed by atoms with E-state index in [1.165, 1.54) is 0 Å². The van der Waals surface area contributed by atoms with Crippen molar-refractivity contribution >= 4 is 11.9 Å². The van der Waals surface area contributed by atoms with Gasteiger partial charge in [-0.05, 0) is 49.2 Å². The molecule has 1 aliphatic rings. The lowest BCUT2D eigenvalue weighted by Crippen LogP contribution is -2.42. The molecular formula is C22H26N2O4. The van der Waals surface area contributed by atoms with E-state index in [1.54, 1.807) is 0 Å². The first-order valence-electron chi connectivity index (χ1n) is 9.57. The molecule has 0 bridgehead atoms. The number of benzene rings is 2. The van der Waals surface area contributed by atoms with Crippen molar-refractivity contribution in [1.82, 2.24) is 10.2 Å². The van der Waals surface area contributed by atoms with Gasteiger partial charge >= 0.3 is 5.97 Å². The highest BCUT2D eigenvalue weighted by Crippen LogP contribution is 2.17. The average molecular weight is 382 g/mol. The zero-order chi connectivity index (χ0) is 19.8. The Kier molecular flexibility index (Phi) is 7.03. The van der Waals surface area contributed by atoms with Gasteiger partial charge in [-0.15, -0.1) is 0 Å². The number of rotatable bonds is 8. The average Bonchev–Trinajstić information content (AvgIpc) is 2.72. The normalized spacial score (nSPS) is 15.1. The van der Waals surface area contributed by atoms with Crippen LogP contribution in [0.1, 0.15) is 24.0 Å². The summed E-state index contributed by atoms with van der Waals surface area (Å²) in [4.78, 5) is 25.1. The molecule has 1 aliphatic heterocycles. The van der Waals surface area contributed by atoms with E-state index in [0.29, 0.717) is 45.6 Å². The number of nitrogens with one attached hydrogen (secondary N) is 1. The molecule has 1 saturated heterocycles. The van der Waals surface area contributed by atoms with Crippen LogP contribution in [-0.4, -0.2) is 41.5 Å². The smallest absolute Gasteiger partial charge is 0.306 e. The predicted molar refractivity (Wildman–Crippen MR) is 106 cm³/mol. The second-order valence-corrected chi connectivity index (χ2v) is 7.08. The van der Waals surface area contributed by atoms with Gasteiger partial charge in [0.15, 0.2) is 0 Å². The van der Waals surface area contributed by atoms with Crippen LogP contribution in [0.3, 0.4) is 0 Å². The Morgan fingerprint density at radius 2 is 1.64 bits per heavy atom. The van der Waals surface area contributed by atoms with Crippen LogP contribution in [0.15, 0.2) is 54.6 Å². The SMILES string of the molecule is O=C(CN1CCC(C(=O)O)CC1)NCc1ccc(COc2ccccc2)cc1. The molecule has 0 saturated carbocycles. The molecule has 1 heterocycles. The zero-order valence-electron chi connectivity index (χ0n) is 15.8. The van der Waals surface area contributed by atoms with Gasteiger partial charge in [0.25, 0.3) is 0 Å². The van der Waals surface area contributed by atoms with E-state index in [1.807, 2.05) is 59.5 Å². The Bertz CT molecular complexity index is 769. The summed E-state index contributed by atoms with van der Waals surface area (Å²) >= 11 is 0. The van der Waals surface area contributed by atoms with Gasteiger partial charge in [0.1, 0.15) is 12.4 Å². The third kappa shape index (κ3) is 6.09. The number of carbonyl (C=O) groups is 2. The molecule has 0 radical (unpaired) electrons. The zero-order valence-corrected chi connectivity index (χ0v) is 15.8. The number of ether oxygens (including phenoxy) is 1. The topological polar surface area (TPSA) is 78.9 Å². The Hall–Kier alpha value is -2.86. The van der Waals surface area contributed by atoms with Crippen molar-refractivity contribution in [2.24, 2.45) is 5.92 Å². The number of hydrogen-bond donors (Lipinski definition) is 2. The van der Waals surface area contributed by atoms with Gasteiger partial charge in [-0.2, -0.15) is 0 Å². The van der Waals surface area contributed by atoms with Crippen molar-refractivity contribution < 1.29 is 19.4 Å². The van der Waals surface area contributed by atoms with Crippen LogP contribution in [-0.2, 0) is 22.7 Å². The number of likely N-dealkylation sites (tertiary alicyclic amines) is 1. The number of para-hydroxylation sites is 1. The van der Waals surface area contributed by atoms with Crippen LogP contribution < -0.4 is 10.1 Å². The summed E-state index contributed by atoms with van der Waals surface area (Å²) in [7, 11) is 0. The number of carbonyl (C=O) groups excluding carboxylic acids is 1. The maximum atomic E-state index is 12.1. The number of hydrogen-bond acceptors (Lipinski definition) is 4. The lowest BCUT2D eigenvalue weighted by molar-refractivity contribution is -0.143. The van der Waals surface area contributed by atoms with Crippen molar-refractivity contribution in [3.63, 3.8) is 0 Å². The van der Waals surface area contributed by atoms with Crippen LogP contribution in [0.5, 0.6) is 5.75 Å². The minimum Gasteiger partial charge on any atom is -0.489 e. The molecule has 1 amide bonds. The Morgan fingerprint density at radius 3 is 2.29 bits per heavy atom. The van der Waals surface area contributed by atoms with Gasteiger partial charge in [0.05, 0.1) is 12.5 Å². The lowest BCUT2D eigenvalue weighted by atomic mass is 9.97. The molecule has 2 aromatic carbocycles. The number of carboxylic acids is 1. The van der Waals surface area contributed by atoms with Crippen LogP contribution in [0, 0.1) is 5.92 Å². The van der Waals surface area contributed by atoms with Crippen molar-refractivity contribution in [3.05, 3.63) is 65.7 Å². The van der Waals surface area contributed by atoms with Crippen LogP contribution in [0.4, 0.5) is 0 Å². The van der Waals surface area contributed by atoms with E-state index < -0.39 is 5.97 Å². The lowest BCUT2D eigenvalue weighted by Gasteiger charge is -2.29. The third-order valence-electron chi connectivity index (χ3n) is 4.97. The van der Waals surface area contributed by atoms with E-state index in [4.69, 9.17) is 9.84 Å². The number of carboxylic acid groups (broad SMARTS) is 1. The number of amides is 1. The van der Waals surface area contributed by atoms with E-state index in [9.17, 15) is 9.59 Å². The van der Waals surface area contributed by atoms with Crippen LogP contribution in [0.2, 0.25) is 0 Å². The first kappa shape index (κ1) is 19.9. The summed E-state index contributed by atoms with van der Waals surface area (Å²) < 4.78 is 5.72. The first-order valence-corrected chi connectivity index (χ1v) is 9.57. The highest BCUT2D eigenvalue weighted by Gasteiger charge is 2.25. The molecule has 2 aromatic rings. The molecule has 6 nitrogen and oxygen atoms in total. The number of piperidine rings is 1. The van der Waals surface area contributed by atoms with Gasteiger partial charge < -0.3 is 15.2 Å². The second kappa shape index (κ2) is 9.90. The molecule has 148 valence electrons. The Labute approximate surface area is 165 Å². The summed E-state index contributed by atoms with van der Waals surface area (Å²) in [5.41, 5.74) is 2.10. The third-order valence-corrected chi connectivity index (χ3v) is 4.97. The molecule has 6 heteroatoms. The maximum absolute atomic E-state index is 12.1. The molecule has 3 rings (SSSR count). The minimum absolute atomic E-state index is 0.0368. The van der Waals surface area contributed by atoms with E-state index >= 15 is 0 Å². The summed E-state index contributed by atoms with van der Waals surface area (Å²) in [5, 5.41) is 12.0. The molecule has 0 atom stereocenters. The molecule has 2 N–H and O–H groups in total. The number of nitrogens with zero attached hydrogens (tertiary/aromatic N) is 1. The van der Waals surface area contributed by atoms with Gasteiger partial charge in [0, 0.05) is 6.54 Å². The quantitative estimate of drug-likeness (QED) is 0.734. The monoisotopic (exact) mass is 382 g/mol. The summed E-state index contributed by atoms with van der Waals surface area (Å²) in [5.74, 6) is -0.207. The Balaban J connectivity index is 1.37. The largest absolute Gasteiger partial charge is 0.489 e. The van der Waals surface area contributed by atoms with E-state index in [0.717, 1.165) is 16.9 Å². The van der Waals surface area contributed by atoms with Gasteiger partial charge in [-0.3, -0.25) is 14.5 Å². The molecule has 0 aliphatic carbocycles. The summed E-state index contributed by atoms with van der Waals surface area (Å²) in [6, 6.07) is 17.7. The summed E-state index contributed by atoms with van der Waals surface area (Å²) in [6.45, 7) is 2.60. The van der Waals surface area contributed by atoms with E-state index in [2.05, 4.69) is 5.32 Å². The molecule has 28 heavy (non-hydrogen) atoms. The highest BCUT2D eigenvalue weighted by atomic mass is 16.5. The Morgan fingerprint density at radius 1 is 1.00 bits per heavy atom. The second-order valence-electron chi connectivity index (χ2n) is 7.08. The molecular weight excluding hydrogens is 356 g/mol. The minimum atomic E-state index is -0.735. The summed E-state index contributed by atoms with van der Waals surface area (Å²) in [6.07, 6.45) is 1.21.